The molecule has 0 aliphatic heterocycles. The van der Waals surface area contributed by atoms with E-state index in [0.717, 1.165) is 0 Å². The summed E-state index contributed by atoms with van der Waals surface area (Å²) in [4.78, 5) is 22.2. The van der Waals surface area contributed by atoms with Gasteiger partial charge in [-0.15, -0.1) is 0 Å². The number of ether oxygens (including phenoxy) is 2. The van der Waals surface area contributed by atoms with Crippen molar-refractivity contribution >= 4 is 11.9 Å². The highest BCUT2D eigenvalue weighted by Crippen LogP contribution is 2.20. The first-order valence-electron chi connectivity index (χ1n) is 5.01. The molecule has 92 valence electrons. The standard InChI is InChI=1S/C12H14O5/c1-16-11(14)6-8-3-4-10(13)9(5-8)7-12(15)17-2/h3-5,13H,6-7H2,1-2H3. The molecule has 1 N–H and O–H groups in total. The van der Waals surface area contributed by atoms with Gasteiger partial charge in [-0.25, -0.2) is 0 Å². The van der Waals surface area contributed by atoms with Crippen molar-refractivity contribution in [3.63, 3.8) is 0 Å². The van der Waals surface area contributed by atoms with Gasteiger partial charge in [0, 0.05) is 5.56 Å². The van der Waals surface area contributed by atoms with Gasteiger partial charge in [0.05, 0.1) is 27.1 Å². The summed E-state index contributed by atoms with van der Waals surface area (Å²) in [5, 5.41) is 9.55. The number of esters is 2. The van der Waals surface area contributed by atoms with Gasteiger partial charge in [0.1, 0.15) is 5.75 Å². The molecule has 1 aromatic carbocycles. The Morgan fingerprint density at radius 2 is 1.71 bits per heavy atom. The number of carbonyl (C=O) groups is 2. The Morgan fingerprint density at radius 1 is 1.12 bits per heavy atom. The second-order valence-electron chi connectivity index (χ2n) is 3.47. The molecule has 0 atom stereocenters. The molecule has 0 heterocycles. The third-order valence-corrected chi connectivity index (χ3v) is 2.28. The monoisotopic (exact) mass is 238 g/mol. The van der Waals surface area contributed by atoms with Gasteiger partial charge in [-0.1, -0.05) is 12.1 Å². The molecule has 0 saturated heterocycles. The van der Waals surface area contributed by atoms with E-state index in [1.165, 1.54) is 20.3 Å². The van der Waals surface area contributed by atoms with Crippen LogP contribution in [0.15, 0.2) is 18.2 Å². The number of benzene rings is 1. The van der Waals surface area contributed by atoms with Crippen LogP contribution in [-0.4, -0.2) is 31.3 Å². The van der Waals surface area contributed by atoms with Crippen molar-refractivity contribution in [1.29, 1.82) is 0 Å². The lowest BCUT2D eigenvalue weighted by molar-refractivity contribution is -0.140. The van der Waals surface area contributed by atoms with Crippen molar-refractivity contribution in [3.05, 3.63) is 29.3 Å². The van der Waals surface area contributed by atoms with Crippen LogP contribution in [0.5, 0.6) is 5.75 Å². The third kappa shape index (κ3) is 3.79. The summed E-state index contributed by atoms with van der Waals surface area (Å²) in [6.45, 7) is 0. The van der Waals surface area contributed by atoms with E-state index in [-0.39, 0.29) is 24.6 Å². The summed E-state index contributed by atoms with van der Waals surface area (Å²) in [6, 6.07) is 4.63. The zero-order valence-corrected chi connectivity index (χ0v) is 9.73. The zero-order valence-electron chi connectivity index (χ0n) is 9.73. The van der Waals surface area contributed by atoms with Gasteiger partial charge in [-0.05, 0) is 11.6 Å². The summed E-state index contributed by atoms with van der Waals surface area (Å²) >= 11 is 0. The van der Waals surface area contributed by atoms with Gasteiger partial charge in [0.15, 0.2) is 0 Å². The minimum absolute atomic E-state index is 0.00372. The SMILES string of the molecule is COC(=O)Cc1ccc(O)c(CC(=O)OC)c1. The van der Waals surface area contributed by atoms with Crippen LogP contribution in [0.4, 0.5) is 0 Å². The minimum Gasteiger partial charge on any atom is -0.508 e. The first-order chi connectivity index (χ1) is 8.06. The molecule has 0 spiro atoms. The maximum absolute atomic E-state index is 11.1. The molecule has 5 heteroatoms. The van der Waals surface area contributed by atoms with Gasteiger partial charge < -0.3 is 14.6 Å². The second-order valence-corrected chi connectivity index (χ2v) is 3.47. The van der Waals surface area contributed by atoms with E-state index in [0.29, 0.717) is 11.1 Å². The van der Waals surface area contributed by atoms with Crippen LogP contribution in [0, 0.1) is 0 Å². The van der Waals surface area contributed by atoms with Crippen LogP contribution >= 0.6 is 0 Å². The van der Waals surface area contributed by atoms with Gasteiger partial charge in [0.25, 0.3) is 0 Å². The lowest BCUT2D eigenvalue weighted by Gasteiger charge is -2.06. The van der Waals surface area contributed by atoms with Gasteiger partial charge in [-0.3, -0.25) is 9.59 Å². The fraction of sp³-hybridized carbons (Fsp3) is 0.333. The Labute approximate surface area is 99.0 Å². The van der Waals surface area contributed by atoms with E-state index in [1.54, 1.807) is 12.1 Å². The van der Waals surface area contributed by atoms with E-state index < -0.39 is 5.97 Å². The summed E-state index contributed by atoms with van der Waals surface area (Å²) in [5.41, 5.74) is 1.10. The number of rotatable bonds is 4. The minimum atomic E-state index is -0.449. The Morgan fingerprint density at radius 3 is 2.29 bits per heavy atom. The molecule has 1 rings (SSSR count). The van der Waals surface area contributed by atoms with Gasteiger partial charge in [0.2, 0.25) is 0 Å². The first-order valence-corrected chi connectivity index (χ1v) is 5.01. The Hall–Kier alpha value is -2.04. The summed E-state index contributed by atoms with van der Waals surface area (Å²) < 4.78 is 9.04. The number of hydrogen-bond donors (Lipinski definition) is 1. The molecule has 1 aromatic rings. The van der Waals surface area contributed by atoms with Crippen LogP contribution in [0.1, 0.15) is 11.1 Å². The Bertz CT molecular complexity index is 425. The molecule has 0 aliphatic carbocycles. The van der Waals surface area contributed by atoms with Gasteiger partial charge >= 0.3 is 11.9 Å². The van der Waals surface area contributed by atoms with Crippen LogP contribution in [0.25, 0.3) is 0 Å². The number of methoxy groups -OCH3 is 2. The van der Waals surface area contributed by atoms with Gasteiger partial charge in [-0.2, -0.15) is 0 Å². The van der Waals surface area contributed by atoms with Crippen molar-refractivity contribution in [1.82, 2.24) is 0 Å². The highest BCUT2D eigenvalue weighted by Gasteiger charge is 2.10. The lowest BCUT2D eigenvalue weighted by atomic mass is 10.0. The molecular formula is C12H14O5. The molecule has 0 unspecified atom stereocenters. The fourth-order valence-electron chi connectivity index (χ4n) is 1.36. The Kier molecular flexibility index (Phi) is 4.51. The van der Waals surface area contributed by atoms with Crippen LogP contribution in [0.2, 0.25) is 0 Å². The number of aromatic hydroxyl groups is 1. The molecular weight excluding hydrogens is 224 g/mol. The maximum Gasteiger partial charge on any atom is 0.310 e. The molecule has 0 amide bonds. The average molecular weight is 238 g/mol. The van der Waals surface area contributed by atoms with E-state index in [2.05, 4.69) is 9.47 Å². The van der Waals surface area contributed by atoms with Crippen molar-refractivity contribution in [3.8, 4) is 5.75 Å². The molecule has 5 nitrogen and oxygen atoms in total. The molecule has 0 fully saturated rings. The highest BCUT2D eigenvalue weighted by atomic mass is 16.5. The predicted octanol–water partition coefficient (Wildman–Crippen LogP) is 0.823. The number of phenols is 1. The van der Waals surface area contributed by atoms with E-state index in [1.807, 2.05) is 0 Å². The van der Waals surface area contributed by atoms with Crippen LogP contribution in [-0.2, 0) is 31.9 Å². The highest BCUT2D eigenvalue weighted by molar-refractivity contribution is 5.75. The van der Waals surface area contributed by atoms with Crippen LogP contribution in [0.3, 0.4) is 0 Å². The van der Waals surface area contributed by atoms with E-state index in [4.69, 9.17) is 0 Å². The molecule has 0 bridgehead atoms. The Balaban J connectivity index is 2.86. The summed E-state index contributed by atoms with van der Waals surface area (Å²) in [7, 11) is 2.58. The normalized spacial score (nSPS) is 9.76. The zero-order chi connectivity index (χ0) is 12.8. The molecule has 0 aliphatic rings. The van der Waals surface area contributed by atoms with Crippen molar-refractivity contribution < 1.29 is 24.2 Å². The van der Waals surface area contributed by atoms with Crippen molar-refractivity contribution in [2.24, 2.45) is 0 Å². The fourth-order valence-corrected chi connectivity index (χ4v) is 1.36. The second kappa shape index (κ2) is 5.89. The van der Waals surface area contributed by atoms with Crippen molar-refractivity contribution in [2.45, 2.75) is 12.8 Å². The quantitative estimate of drug-likeness (QED) is 0.786. The van der Waals surface area contributed by atoms with Crippen LogP contribution < -0.4 is 0 Å². The molecule has 0 saturated carbocycles. The number of phenolic OH excluding ortho intramolecular Hbond substituents is 1. The summed E-state index contributed by atoms with van der Waals surface area (Å²) in [6.07, 6.45) is 0.0717. The molecule has 0 radical (unpaired) electrons. The molecule has 17 heavy (non-hydrogen) atoms. The average Bonchev–Trinajstić information content (AvgIpc) is 2.33. The number of carbonyl (C=O) groups excluding carboxylic acids is 2. The largest absolute Gasteiger partial charge is 0.508 e. The maximum atomic E-state index is 11.1. The molecule has 0 aromatic heterocycles. The smallest absolute Gasteiger partial charge is 0.310 e. The third-order valence-electron chi connectivity index (χ3n) is 2.28. The van der Waals surface area contributed by atoms with E-state index in [9.17, 15) is 14.7 Å². The lowest BCUT2D eigenvalue weighted by Crippen LogP contribution is -2.07. The number of hydrogen-bond acceptors (Lipinski definition) is 5. The van der Waals surface area contributed by atoms with E-state index >= 15 is 0 Å². The van der Waals surface area contributed by atoms with Crippen molar-refractivity contribution in [2.75, 3.05) is 14.2 Å². The summed E-state index contributed by atoms with van der Waals surface area (Å²) in [5.74, 6) is -0.820. The first kappa shape index (κ1) is 13.0. The topological polar surface area (TPSA) is 72.8 Å². The predicted molar refractivity (Wildman–Crippen MR) is 59.5 cm³/mol.